The Morgan fingerprint density at radius 3 is 2.47 bits per heavy atom. The number of anilines is 1. The minimum Gasteiger partial charge on any atom is -0.369 e. The van der Waals surface area contributed by atoms with Gasteiger partial charge in [0.1, 0.15) is 0 Å². The summed E-state index contributed by atoms with van der Waals surface area (Å²) in [4.78, 5) is 35.3. The molecule has 0 saturated carbocycles. The number of aromatic nitrogens is 1. The van der Waals surface area contributed by atoms with Gasteiger partial charge >= 0.3 is 0 Å². The number of para-hydroxylation sites is 2. The zero-order chi connectivity index (χ0) is 25.3. The second kappa shape index (κ2) is 12.6. The van der Waals surface area contributed by atoms with Gasteiger partial charge in [-0.05, 0) is 36.6 Å². The number of amides is 2. The second-order valence-corrected chi connectivity index (χ2v) is 9.75. The van der Waals surface area contributed by atoms with Gasteiger partial charge in [-0.3, -0.25) is 14.5 Å². The molecule has 1 aromatic heterocycles. The van der Waals surface area contributed by atoms with E-state index >= 15 is 0 Å². The zero-order valence-electron chi connectivity index (χ0n) is 21.6. The fourth-order valence-electron chi connectivity index (χ4n) is 5.00. The normalized spacial score (nSPS) is 15.1. The molecule has 1 fully saturated rings. The maximum Gasteiger partial charge on any atom is 0.234 e. The first-order valence-electron chi connectivity index (χ1n) is 13.2. The largest absolute Gasteiger partial charge is 0.369 e. The molecule has 4 rings (SSSR count). The number of H-pyrrole nitrogens is 1. The molecule has 1 unspecified atom stereocenters. The molecule has 192 valence electrons. The minimum atomic E-state index is -0.150. The van der Waals surface area contributed by atoms with Crippen molar-refractivity contribution in [1.82, 2.24) is 20.1 Å². The number of nitrogens with zero attached hydrogens (tertiary/aromatic N) is 3. The highest BCUT2D eigenvalue weighted by molar-refractivity contribution is 5.83. The topological polar surface area (TPSA) is 71.7 Å². The highest BCUT2D eigenvalue weighted by Gasteiger charge is 2.23. The van der Waals surface area contributed by atoms with E-state index in [1.807, 2.05) is 29.3 Å². The molecule has 1 saturated heterocycles. The van der Waals surface area contributed by atoms with E-state index in [1.165, 1.54) is 5.69 Å². The molecule has 1 aliphatic heterocycles. The molecule has 7 nitrogen and oxygen atoms in total. The van der Waals surface area contributed by atoms with Gasteiger partial charge in [0, 0.05) is 69.0 Å². The Bertz CT molecular complexity index is 1120. The minimum absolute atomic E-state index is 0.0204. The Balaban J connectivity index is 1.39. The molecule has 1 aliphatic rings. The van der Waals surface area contributed by atoms with Crippen LogP contribution >= 0.6 is 0 Å². The van der Waals surface area contributed by atoms with Gasteiger partial charge < -0.3 is 20.1 Å². The number of piperazine rings is 1. The highest BCUT2D eigenvalue weighted by atomic mass is 16.2. The van der Waals surface area contributed by atoms with Crippen LogP contribution in [0.2, 0.25) is 0 Å². The Morgan fingerprint density at radius 2 is 1.75 bits per heavy atom. The van der Waals surface area contributed by atoms with Crippen molar-refractivity contribution in [1.29, 1.82) is 0 Å². The smallest absolute Gasteiger partial charge is 0.234 e. The van der Waals surface area contributed by atoms with Crippen molar-refractivity contribution in [3.63, 3.8) is 0 Å². The van der Waals surface area contributed by atoms with E-state index in [4.69, 9.17) is 0 Å². The molecule has 3 aromatic rings. The summed E-state index contributed by atoms with van der Waals surface area (Å²) in [5, 5.41) is 4.43. The zero-order valence-corrected chi connectivity index (χ0v) is 21.6. The Morgan fingerprint density at radius 1 is 1.03 bits per heavy atom. The second-order valence-electron chi connectivity index (χ2n) is 9.75. The molecule has 2 aromatic carbocycles. The molecular weight excluding hydrogens is 450 g/mol. The number of carbonyl (C=O) groups is 2. The Kier molecular flexibility index (Phi) is 9.01. The highest BCUT2D eigenvalue weighted by Crippen LogP contribution is 2.20. The van der Waals surface area contributed by atoms with Crippen molar-refractivity contribution in [2.24, 2.45) is 0 Å². The average Bonchev–Trinajstić information content (AvgIpc) is 3.30. The van der Waals surface area contributed by atoms with Crippen LogP contribution in [0.1, 0.15) is 32.3 Å². The molecule has 0 aliphatic carbocycles. The van der Waals surface area contributed by atoms with E-state index < -0.39 is 0 Å². The van der Waals surface area contributed by atoms with Gasteiger partial charge in [-0.2, -0.15) is 0 Å². The number of fused-ring (bicyclic) bond motifs is 1. The molecule has 2 N–H and O–H groups in total. The van der Waals surface area contributed by atoms with Gasteiger partial charge in [0.05, 0.1) is 12.6 Å². The van der Waals surface area contributed by atoms with Crippen molar-refractivity contribution in [2.45, 2.75) is 39.2 Å². The van der Waals surface area contributed by atoms with Crippen LogP contribution in [-0.2, 0) is 16.0 Å². The van der Waals surface area contributed by atoms with E-state index in [2.05, 4.69) is 63.4 Å². The summed E-state index contributed by atoms with van der Waals surface area (Å²) in [7, 11) is 0. The van der Waals surface area contributed by atoms with Crippen LogP contribution in [0.25, 0.3) is 10.9 Å². The van der Waals surface area contributed by atoms with E-state index in [-0.39, 0.29) is 17.9 Å². The molecule has 7 heteroatoms. The van der Waals surface area contributed by atoms with Crippen LogP contribution < -0.4 is 10.2 Å². The standard InChI is InChI=1S/C29H39N5O2/c1-3-4-14-34(23(2)35)21-25(19-24-20-30-28-13-9-8-12-27(24)28)31-29(36)22-32-15-17-33(18-16-32)26-10-6-5-7-11-26/h5-13,20,25,30H,3-4,14-19,21-22H2,1-2H3,(H,31,36). The monoisotopic (exact) mass is 489 g/mol. The molecule has 2 heterocycles. The molecule has 0 bridgehead atoms. The van der Waals surface area contributed by atoms with Gasteiger partial charge in [-0.25, -0.2) is 0 Å². The molecular formula is C29H39N5O2. The lowest BCUT2D eigenvalue weighted by atomic mass is 10.0. The lowest BCUT2D eigenvalue weighted by Gasteiger charge is -2.36. The number of aromatic amines is 1. The number of unbranched alkanes of at least 4 members (excludes halogenated alkanes) is 1. The van der Waals surface area contributed by atoms with Crippen molar-refractivity contribution in [3.8, 4) is 0 Å². The van der Waals surface area contributed by atoms with Crippen LogP contribution in [0.4, 0.5) is 5.69 Å². The SMILES string of the molecule is CCCCN(CC(Cc1c[nH]c2ccccc12)NC(=O)CN1CCN(c2ccccc2)CC1)C(C)=O. The summed E-state index contributed by atoms with van der Waals surface area (Å²) in [5.74, 6) is 0.0747. The van der Waals surface area contributed by atoms with Crippen molar-refractivity contribution in [3.05, 3.63) is 66.4 Å². The lowest BCUT2D eigenvalue weighted by Crippen LogP contribution is -2.52. The quantitative estimate of drug-likeness (QED) is 0.431. The fraction of sp³-hybridized carbons (Fsp3) is 0.448. The summed E-state index contributed by atoms with van der Waals surface area (Å²) < 4.78 is 0. The van der Waals surface area contributed by atoms with Crippen molar-refractivity contribution >= 4 is 28.4 Å². The third-order valence-electron chi connectivity index (χ3n) is 7.03. The van der Waals surface area contributed by atoms with Gasteiger partial charge in [-0.15, -0.1) is 0 Å². The third kappa shape index (κ3) is 6.88. The van der Waals surface area contributed by atoms with E-state index in [0.717, 1.165) is 55.5 Å². The van der Waals surface area contributed by atoms with Gasteiger partial charge in [0.2, 0.25) is 11.8 Å². The van der Waals surface area contributed by atoms with Gasteiger partial charge in [0.15, 0.2) is 0 Å². The average molecular weight is 490 g/mol. The fourth-order valence-corrected chi connectivity index (χ4v) is 5.00. The first-order chi connectivity index (χ1) is 17.5. The number of carbonyl (C=O) groups excluding carboxylic acids is 2. The van der Waals surface area contributed by atoms with Crippen molar-refractivity contribution < 1.29 is 9.59 Å². The molecule has 36 heavy (non-hydrogen) atoms. The van der Waals surface area contributed by atoms with Crippen LogP contribution in [0.3, 0.4) is 0 Å². The van der Waals surface area contributed by atoms with Crippen LogP contribution in [-0.4, -0.2) is 78.5 Å². The van der Waals surface area contributed by atoms with Gasteiger partial charge in [-0.1, -0.05) is 49.7 Å². The van der Waals surface area contributed by atoms with Crippen molar-refractivity contribution in [2.75, 3.05) is 50.7 Å². The molecule has 2 amide bonds. The molecule has 0 spiro atoms. The van der Waals surface area contributed by atoms with Gasteiger partial charge in [0.25, 0.3) is 0 Å². The first-order valence-corrected chi connectivity index (χ1v) is 13.2. The van der Waals surface area contributed by atoms with E-state index in [1.54, 1.807) is 6.92 Å². The lowest BCUT2D eigenvalue weighted by molar-refractivity contribution is -0.130. The van der Waals surface area contributed by atoms with Crippen LogP contribution in [0, 0.1) is 0 Å². The summed E-state index contributed by atoms with van der Waals surface area (Å²) >= 11 is 0. The Labute approximate surface area is 214 Å². The van der Waals surface area contributed by atoms with E-state index in [9.17, 15) is 9.59 Å². The predicted molar refractivity (Wildman–Crippen MR) is 146 cm³/mol. The van der Waals surface area contributed by atoms with Crippen LogP contribution in [0.15, 0.2) is 60.8 Å². The summed E-state index contributed by atoms with van der Waals surface area (Å²) in [6.45, 7) is 8.87. The third-order valence-corrected chi connectivity index (χ3v) is 7.03. The van der Waals surface area contributed by atoms with Crippen LogP contribution in [0.5, 0.6) is 0 Å². The number of hydrogen-bond acceptors (Lipinski definition) is 4. The number of rotatable bonds is 11. The summed E-state index contributed by atoms with van der Waals surface area (Å²) in [6.07, 6.45) is 4.68. The predicted octanol–water partition coefficient (Wildman–Crippen LogP) is 3.67. The molecule has 1 atom stereocenters. The van der Waals surface area contributed by atoms with E-state index in [0.29, 0.717) is 26.1 Å². The maximum atomic E-state index is 13.2. The summed E-state index contributed by atoms with van der Waals surface area (Å²) in [6, 6.07) is 18.5. The Hall–Kier alpha value is -3.32. The maximum absolute atomic E-state index is 13.2. The summed E-state index contributed by atoms with van der Waals surface area (Å²) in [5.41, 5.74) is 3.48. The first kappa shape index (κ1) is 25.8. The number of nitrogens with one attached hydrogen (secondary N) is 2. The number of benzene rings is 2. The molecule has 0 radical (unpaired) electrons. The number of hydrogen-bond donors (Lipinski definition) is 2.